The summed E-state index contributed by atoms with van der Waals surface area (Å²) in [5.41, 5.74) is 0. The van der Waals surface area contributed by atoms with Gasteiger partial charge in [-0.15, -0.1) is 0 Å². The lowest BCUT2D eigenvalue weighted by Gasteiger charge is -2.01. The van der Waals surface area contributed by atoms with Gasteiger partial charge in [-0.25, -0.2) is 9.97 Å². The van der Waals surface area contributed by atoms with Crippen LogP contribution < -0.4 is 5.32 Å². The van der Waals surface area contributed by atoms with Gasteiger partial charge in [0.1, 0.15) is 12.1 Å². The van der Waals surface area contributed by atoms with Gasteiger partial charge in [0.25, 0.3) is 0 Å². The van der Waals surface area contributed by atoms with Gasteiger partial charge in [-0.05, 0) is 0 Å². The Morgan fingerprint density at radius 3 is 2.93 bits per heavy atom. The maximum absolute atomic E-state index is 4.17. The van der Waals surface area contributed by atoms with Crippen molar-refractivity contribution in [3.05, 3.63) is 30.7 Å². The minimum atomic E-state index is 0.753. The lowest BCUT2D eigenvalue weighted by Crippen LogP contribution is -2.07. The Balaban J connectivity index is 1.80. The van der Waals surface area contributed by atoms with Crippen LogP contribution in [0.4, 0.5) is 5.82 Å². The monoisotopic (exact) mass is 204 g/mol. The zero-order valence-electron chi connectivity index (χ0n) is 8.46. The molecule has 0 saturated carbocycles. The maximum Gasteiger partial charge on any atom is 0.152 e. The highest BCUT2D eigenvalue weighted by molar-refractivity contribution is 5.29. The van der Waals surface area contributed by atoms with Crippen LogP contribution in [0.5, 0.6) is 0 Å². The first-order valence-corrected chi connectivity index (χ1v) is 4.69. The molecule has 78 valence electrons. The number of aryl methyl sites for hydroxylation is 1. The minimum Gasteiger partial charge on any atom is -0.368 e. The third kappa shape index (κ3) is 2.73. The number of anilines is 1. The van der Waals surface area contributed by atoms with E-state index in [2.05, 4.69) is 25.4 Å². The van der Waals surface area contributed by atoms with Gasteiger partial charge in [0.15, 0.2) is 5.82 Å². The third-order valence-corrected chi connectivity index (χ3v) is 1.86. The normalized spacial score (nSPS) is 10.2. The van der Waals surface area contributed by atoms with Crippen molar-refractivity contribution in [2.24, 2.45) is 7.05 Å². The standard InChI is InChI=1S/C9H12N6/c1-15-7-13-8(14-15)2-3-11-9-6-10-4-5-12-9/h4-7H,2-3H2,1H3,(H,11,12). The second-order valence-electron chi connectivity index (χ2n) is 3.10. The first-order valence-electron chi connectivity index (χ1n) is 4.69. The molecule has 0 aliphatic carbocycles. The molecule has 2 aromatic rings. The first-order chi connectivity index (χ1) is 7.34. The summed E-state index contributed by atoms with van der Waals surface area (Å²) in [4.78, 5) is 12.2. The van der Waals surface area contributed by atoms with E-state index in [1.54, 1.807) is 29.6 Å². The van der Waals surface area contributed by atoms with Gasteiger partial charge in [-0.1, -0.05) is 0 Å². The van der Waals surface area contributed by atoms with E-state index >= 15 is 0 Å². The molecule has 0 spiro atoms. The summed E-state index contributed by atoms with van der Waals surface area (Å²) in [6.07, 6.45) is 7.45. The summed E-state index contributed by atoms with van der Waals surface area (Å²) >= 11 is 0. The van der Waals surface area contributed by atoms with Crippen LogP contribution >= 0.6 is 0 Å². The zero-order valence-corrected chi connectivity index (χ0v) is 8.46. The fourth-order valence-corrected chi connectivity index (χ4v) is 1.19. The van der Waals surface area contributed by atoms with Crippen LogP contribution in [0.2, 0.25) is 0 Å². The van der Waals surface area contributed by atoms with E-state index in [0.717, 1.165) is 24.6 Å². The van der Waals surface area contributed by atoms with E-state index < -0.39 is 0 Å². The zero-order chi connectivity index (χ0) is 10.5. The molecule has 0 amide bonds. The topological polar surface area (TPSA) is 68.5 Å². The van der Waals surface area contributed by atoms with Crippen molar-refractivity contribution in [3.63, 3.8) is 0 Å². The highest BCUT2D eigenvalue weighted by atomic mass is 15.3. The molecule has 6 heteroatoms. The van der Waals surface area contributed by atoms with E-state index in [-0.39, 0.29) is 0 Å². The fraction of sp³-hybridized carbons (Fsp3) is 0.333. The second kappa shape index (κ2) is 4.50. The average Bonchev–Trinajstić information content (AvgIpc) is 2.66. The average molecular weight is 204 g/mol. The molecule has 0 radical (unpaired) electrons. The third-order valence-electron chi connectivity index (χ3n) is 1.86. The Labute approximate surface area is 87.4 Å². The Hall–Kier alpha value is -1.98. The van der Waals surface area contributed by atoms with E-state index in [0.29, 0.717) is 0 Å². The second-order valence-corrected chi connectivity index (χ2v) is 3.10. The summed E-state index contributed by atoms with van der Waals surface area (Å²) < 4.78 is 1.69. The number of nitrogens with one attached hydrogen (secondary N) is 1. The van der Waals surface area contributed by atoms with Gasteiger partial charge >= 0.3 is 0 Å². The lowest BCUT2D eigenvalue weighted by atomic mass is 10.4. The summed E-state index contributed by atoms with van der Waals surface area (Å²) in [5.74, 6) is 1.60. The number of hydrogen-bond donors (Lipinski definition) is 1. The number of hydrogen-bond acceptors (Lipinski definition) is 5. The molecule has 6 nitrogen and oxygen atoms in total. The predicted octanol–water partition coefficient (Wildman–Crippen LogP) is 0.260. The summed E-state index contributed by atoms with van der Waals surface area (Å²) in [7, 11) is 1.85. The van der Waals surface area contributed by atoms with Crippen LogP contribution in [0.3, 0.4) is 0 Å². The molecule has 2 heterocycles. The first kappa shape index (κ1) is 9.57. The smallest absolute Gasteiger partial charge is 0.152 e. The van der Waals surface area contributed by atoms with Crippen LogP contribution in [0.25, 0.3) is 0 Å². The molecule has 1 N–H and O–H groups in total. The van der Waals surface area contributed by atoms with Crippen LogP contribution in [0, 0.1) is 0 Å². The number of aromatic nitrogens is 5. The summed E-state index contributed by atoms with van der Waals surface area (Å²) in [6.45, 7) is 0.753. The molecule has 2 aromatic heterocycles. The maximum atomic E-state index is 4.17. The van der Waals surface area contributed by atoms with E-state index in [1.165, 1.54) is 0 Å². The number of nitrogens with zero attached hydrogens (tertiary/aromatic N) is 5. The molecule has 0 saturated heterocycles. The molecule has 0 unspecified atom stereocenters. The summed E-state index contributed by atoms with van der Waals surface area (Å²) in [5, 5.41) is 7.31. The molecule has 15 heavy (non-hydrogen) atoms. The van der Waals surface area contributed by atoms with Crippen molar-refractivity contribution >= 4 is 5.82 Å². The molecule has 0 bridgehead atoms. The lowest BCUT2D eigenvalue weighted by molar-refractivity contribution is 0.741. The SMILES string of the molecule is Cn1cnc(CCNc2cnccn2)n1. The van der Waals surface area contributed by atoms with Gasteiger partial charge in [0.05, 0.1) is 6.20 Å². The molecular formula is C9H12N6. The van der Waals surface area contributed by atoms with Crippen molar-refractivity contribution in [1.82, 2.24) is 24.7 Å². The van der Waals surface area contributed by atoms with Crippen molar-refractivity contribution in [2.75, 3.05) is 11.9 Å². The van der Waals surface area contributed by atoms with Crippen molar-refractivity contribution in [1.29, 1.82) is 0 Å². The molecule has 0 atom stereocenters. The molecule has 2 rings (SSSR count). The molecular weight excluding hydrogens is 192 g/mol. The van der Waals surface area contributed by atoms with Crippen LogP contribution in [-0.4, -0.2) is 31.3 Å². The Kier molecular flexibility index (Phi) is 2.87. The molecule has 0 aliphatic rings. The Morgan fingerprint density at radius 1 is 1.33 bits per heavy atom. The van der Waals surface area contributed by atoms with Gasteiger partial charge in [-0.3, -0.25) is 9.67 Å². The largest absolute Gasteiger partial charge is 0.368 e. The quantitative estimate of drug-likeness (QED) is 0.773. The van der Waals surface area contributed by atoms with Crippen molar-refractivity contribution in [3.8, 4) is 0 Å². The molecule has 0 aromatic carbocycles. The minimum absolute atomic E-state index is 0.753. The van der Waals surface area contributed by atoms with Gasteiger partial charge in [0.2, 0.25) is 0 Å². The van der Waals surface area contributed by atoms with Crippen LogP contribution in [0.15, 0.2) is 24.9 Å². The molecule has 0 aliphatic heterocycles. The van der Waals surface area contributed by atoms with Crippen LogP contribution in [-0.2, 0) is 13.5 Å². The Bertz CT molecular complexity index is 410. The highest BCUT2D eigenvalue weighted by Crippen LogP contribution is 1.97. The highest BCUT2D eigenvalue weighted by Gasteiger charge is 1.98. The fourth-order valence-electron chi connectivity index (χ4n) is 1.19. The number of rotatable bonds is 4. The summed E-state index contributed by atoms with van der Waals surface area (Å²) in [6, 6.07) is 0. The van der Waals surface area contributed by atoms with Crippen molar-refractivity contribution in [2.45, 2.75) is 6.42 Å². The van der Waals surface area contributed by atoms with E-state index in [1.807, 2.05) is 7.05 Å². The predicted molar refractivity (Wildman–Crippen MR) is 55.2 cm³/mol. The van der Waals surface area contributed by atoms with E-state index in [9.17, 15) is 0 Å². The molecule has 0 fully saturated rings. The van der Waals surface area contributed by atoms with Gasteiger partial charge in [0, 0.05) is 32.4 Å². The van der Waals surface area contributed by atoms with Crippen molar-refractivity contribution < 1.29 is 0 Å². The van der Waals surface area contributed by atoms with E-state index in [4.69, 9.17) is 0 Å². The van der Waals surface area contributed by atoms with Gasteiger partial charge in [-0.2, -0.15) is 5.10 Å². The Morgan fingerprint density at radius 2 is 2.27 bits per heavy atom. The van der Waals surface area contributed by atoms with Crippen LogP contribution in [0.1, 0.15) is 5.82 Å². The van der Waals surface area contributed by atoms with Gasteiger partial charge < -0.3 is 5.32 Å².